The molecule has 1 aliphatic rings. The summed E-state index contributed by atoms with van der Waals surface area (Å²) in [6, 6.07) is 7.51. The van der Waals surface area contributed by atoms with Crippen LogP contribution >= 0.6 is 0 Å². The Labute approximate surface area is 147 Å². The van der Waals surface area contributed by atoms with Gasteiger partial charge in [-0.2, -0.15) is 15.0 Å². The van der Waals surface area contributed by atoms with Crippen molar-refractivity contribution in [3.8, 4) is 5.75 Å². The molecular formula is C17H25N7O. The summed E-state index contributed by atoms with van der Waals surface area (Å²) < 4.78 is 0. The number of rotatable bonds is 4. The number of aromatic nitrogens is 3. The van der Waals surface area contributed by atoms with Gasteiger partial charge in [-0.05, 0) is 19.1 Å². The lowest BCUT2D eigenvalue weighted by Crippen LogP contribution is -2.47. The van der Waals surface area contributed by atoms with Gasteiger partial charge in [0.2, 0.25) is 11.9 Å². The maximum atomic E-state index is 10.0. The van der Waals surface area contributed by atoms with E-state index in [2.05, 4.69) is 31.7 Å². The molecule has 8 heteroatoms. The normalized spacial score (nSPS) is 16.7. The van der Waals surface area contributed by atoms with Crippen LogP contribution in [0.15, 0.2) is 24.3 Å². The molecule has 134 valence electrons. The van der Waals surface area contributed by atoms with Crippen LogP contribution in [0, 0.1) is 0 Å². The number of piperazine rings is 1. The third-order valence-electron chi connectivity index (χ3n) is 4.52. The van der Waals surface area contributed by atoms with Crippen LogP contribution in [-0.4, -0.2) is 65.2 Å². The molecule has 0 amide bonds. The van der Waals surface area contributed by atoms with Crippen molar-refractivity contribution in [1.29, 1.82) is 0 Å². The van der Waals surface area contributed by atoms with Crippen LogP contribution in [0.5, 0.6) is 5.75 Å². The molecule has 8 nitrogen and oxygen atoms in total. The Hall–Kier alpha value is -2.61. The van der Waals surface area contributed by atoms with Crippen LogP contribution < -0.4 is 15.5 Å². The number of phenolic OH excluding ortho intramolecular Hbond substituents is 1. The number of aromatic hydroxyl groups is 1. The van der Waals surface area contributed by atoms with E-state index in [-0.39, 0.29) is 12.0 Å². The Kier molecular flexibility index (Phi) is 4.89. The maximum absolute atomic E-state index is 10.0. The molecule has 0 bridgehead atoms. The van der Waals surface area contributed by atoms with Gasteiger partial charge in [0.05, 0.1) is 11.7 Å². The lowest BCUT2D eigenvalue weighted by Gasteiger charge is -2.38. The SMILES string of the molecule is C[C@H](c1nc(N)nc(N(C)C)n1)N1CCN(c2ccccc2O)CC1. The molecule has 3 rings (SSSR count). The summed E-state index contributed by atoms with van der Waals surface area (Å²) in [7, 11) is 3.77. The molecule has 0 aliphatic carbocycles. The van der Waals surface area contributed by atoms with E-state index in [9.17, 15) is 5.11 Å². The highest BCUT2D eigenvalue weighted by molar-refractivity contribution is 5.57. The molecule has 0 saturated carbocycles. The molecule has 1 saturated heterocycles. The van der Waals surface area contributed by atoms with Gasteiger partial charge in [0.1, 0.15) is 5.75 Å². The fourth-order valence-electron chi connectivity index (χ4n) is 3.03. The minimum absolute atomic E-state index is 0.0514. The Balaban J connectivity index is 1.70. The summed E-state index contributed by atoms with van der Waals surface area (Å²) in [6.07, 6.45) is 0. The third-order valence-corrected chi connectivity index (χ3v) is 4.52. The van der Waals surface area contributed by atoms with E-state index in [4.69, 9.17) is 5.73 Å². The molecule has 1 aromatic heterocycles. The smallest absolute Gasteiger partial charge is 0.229 e. The second-order valence-corrected chi connectivity index (χ2v) is 6.43. The fraction of sp³-hybridized carbons (Fsp3) is 0.471. The van der Waals surface area contributed by atoms with E-state index < -0.39 is 0 Å². The van der Waals surface area contributed by atoms with Gasteiger partial charge in [-0.15, -0.1) is 0 Å². The van der Waals surface area contributed by atoms with Crippen molar-refractivity contribution >= 4 is 17.6 Å². The number of nitrogen functional groups attached to an aromatic ring is 1. The Morgan fingerprint density at radius 3 is 2.40 bits per heavy atom. The van der Waals surface area contributed by atoms with Crippen LogP contribution in [0.4, 0.5) is 17.6 Å². The number of nitrogens with two attached hydrogens (primary N) is 1. The predicted molar refractivity (Wildman–Crippen MR) is 98.9 cm³/mol. The molecule has 1 fully saturated rings. The molecule has 1 atom stereocenters. The van der Waals surface area contributed by atoms with Crippen molar-refractivity contribution in [2.24, 2.45) is 0 Å². The first-order chi connectivity index (χ1) is 12.0. The minimum atomic E-state index is 0.0514. The number of benzene rings is 1. The van der Waals surface area contributed by atoms with Gasteiger partial charge >= 0.3 is 0 Å². The topological polar surface area (TPSA) is 94.6 Å². The van der Waals surface area contributed by atoms with Crippen molar-refractivity contribution in [2.45, 2.75) is 13.0 Å². The minimum Gasteiger partial charge on any atom is -0.506 e. The van der Waals surface area contributed by atoms with Crippen molar-refractivity contribution in [3.63, 3.8) is 0 Å². The number of para-hydroxylation sites is 2. The van der Waals surface area contributed by atoms with E-state index in [1.165, 1.54) is 0 Å². The zero-order valence-corrected chi connectivity index (χ0v) is 14.9. The van der Waals surface area contributed by atoms with E-state index in [1.807, 2.05) is 37.2 Å². The largest absolute Gasteiger partial charge is 0.506 e. The summed E-state index contributed by atoms with van der Waals surface area (Å²) in [6.45, 7) is 5.48. The molecule has 0 unspecified atom stereocenters. The highest BCUT2D eigenvalue weighted by Gasteiger charge is 2.25. The standard InChI is InChI=1S/C17H25N7O/c1-12(15-19-16(18)21-17(20-15)22(2)3)23-8-10-24(11-9-23)13-6-4-5-7-14(13)25/h4-7,12,25H,8-11H2,1-3H3,(H2,18,19,20,21)/t12-/m1/s1. The molecule has 2 aromatic rings. The van der Waals surface area contributed by atoms with Crippen molar-refractivity contribution in [1.82, 2.24) is 19.9 Å². The number of phenols is 1. The second kappa shape index (κ2) is 7.10. The lowest BCUT2D eigenvalue weighted by molar-refractivity contribution is 0.191. The first-order valence-electron chi connectivity index (χ1n) is 8.41. The zero-order valence-electron chi connectivity index (χ0n) is 14.9. The van der Waals surface area contributed by atoms with Gasteiger partial charge in [-0.25, -0.2) is 0 Å². The Morgan fingerprint density at radius 1 is 1.08 bits per heavy atom. The van der Waals surface area contributed by atoms with Crippen molar-refractivity contribution in [2.75, 3.05) is 55.8 Å². The number of hydrogen-bond donors (Lipinski definition) is 2. The molecule has 1 aliphatic heterocycles. The summed E-state index contributed by atoms with van der Waals surface area (Å²) in [5.74, 6) is 1.83. The van der Waals surface area contributed by atoms with Crippen molar-refractivity contribution < 1.29 is 5.11 Å². The quantitative estimate of drug-likeness (QED) is 0.852. The van der Waals surface area contributed by atoms with E-state index in [0.717, 1.165) is 31.9 Å². The van der Waals surface area contributed by atoms with Crippen LogP contribution in [0.1, 0.15) is 18.8 Å². The predicted octanol–water partition coefficient (Wildman–Crippen LogP) is 1.11. The van der Waals surface area contributed by atoms with Gasteiger partial charge in [-0.1, -0.05) is 12.1 Å². The van der Waals surface area contributed by atoms with Crippen LogP contribution in [0.25, 0.3) is 0 Å². The van der Waals surface area contributed by atoms with E-state index >= 15 is 0 Å². The summed E-state index contributed by atoms with van der Waals surface area (Å²) in [4.78, 5) is 19.3. The molecule has 0 radical (unpaired) electrons. The van der Waals surface area contributed by atoms with Gasteiger partial charge in [0.25, 0.3) is 0 Å². The summed E-state index contributed by atoms with van der Waals surface area (Å²) in [5.41, 5.74) is 6.72. The number of nitrogens with zero attached hydrogens (tertiary/aromatic N) is 6. The number of hydrogen-bond acceptors (Lipinski definition) is 8. The van der Waals surface area contributed by atoms with Gasteiger partial charge in [0.15, 0.2) is 5.82 Å². The van der Waals surface area contributed by atoms with Crippen molar-refractivity contribution in [3.05, 3.63) is 30.1 Å². The van der Waals surface area contributed by atoms with Gasteiger partial charge in [-0.3, -0.25) is 4.90 Å². The molecule has 3 N–H and O–H groups in total. The lowest BCUT2D eigenvalue weighted by atomic mass is 10.2. The number of anilines is 3. The zero-order chi connectivity index (χ0) is 18.0. The highest BCUT2D eigenvalue weighted by Crippen LogP contribution is 2.28. The van der Waals surface area contributed by atoms with Gasteiger partial charge < -0.3 is 20.6 Å². The van der Waals surface area contributed by atoms with E-state index in [0.29, 0.717) is 17.5 Å². The second-order valence-electron chi connectivity index (χ2n) is 6.43. The molecule has 0 spiro atoms. The maximum Gasteiger partial charge on any atom is 0.229 e. The Morgan fingerprint density at radius 2 is 1.76 bits per heavy atom. The first-order valence-corrected chi connectivity index (χ1v) is 8.41. The highest BCUT2D eigenvalue weighted by atomic mass is 16.3. The molecule has 2 heterocycles. The average Bonchev–Trinajstić information content (AvgIpc) is 2.61. The summed E-state index contributed by atoms with van der Waals surface area (Å²) >= 11 is 0. The van der Waals surface area contributed by atoms with Crippen LogP contribution in [-0.2, 0) is 0 Å². The molecular weight excluding hydrogens is 318 g/mol. The third kappa shape index (κ3) is 3.74. The summed E-state index contributed by atoms with van der Waals surface area (Å²) in [5, 5.41) is 10.0. The monoisotopic (exact) mass is 343 g/mol. The van der Waals surface area contributed by atoms with Crippen LogP contribution in [0.3, 0.4) is 0 Å². The Bertz CT molecular complexity index is 729. The average molecular weight is 343 g/mol. The molecule has 1 aromatic carbocycles. The molecule has 25 heavy (non-hydrogen) atoms. The fourth-order valence-corrected chi connectivity index (χ4v) is 3.03. The van der Waals surface area contributed by atoms with E-state index in [1.54, 1.807) is 6.07 Å². The first kappa shape index (κ1) is 17.2. The van der Waals surface area contributed by atoms with Crippen LogP contribution in [0.2, 0.25) is 0 Å². The van der Waals surface area contributed by atoms with Gasteiger partial charge in [0, 0.05) is 40.3 Å².